The Morgan fingerprint density at radius 3 is 1.12 bits per heavy atom. The molecule has 0 radical (unpaired) electrons. The molecule has 0 saturated carbocycles. The van der Waals surface area contributed by atoms with E-state index < -0.39 is 6.10 Å². The van der Waals surface area contributed by atoms with Crippen molar-refractivity contribution in [2.45, 2.75) is 284 Å². The molecule has 0 aromatic heterocycles. The first kappa shape index (κ1) is 63.3. The third-order valence-electron chi connectivity index (χ3n) is 12.2. The number of carbonyl (C=O) groups excluding carboxylic acids is 2. The predicted octanol–water partition coefficient (Wildman–Crippen LogP) is 19.5. The van der Waals surface area contributed by atoms with Gasteiger partial charge in [0.2, 0.25) is 0 Å². The molecule has 0 rings (SSSR count). The van der Waals surface area contributed by atoms with Gasteiger partial charge < -0.3 is 14.2 Å². The van der Waals surface area contributed by atoms with Crippen LogP contribution in [0.4, 0.5) is 0 Å². The van der Waals surface area contributed by atoms with Gasteiger partial charge in [0.1, 0.15) is 6.61 Å². The first-order chi connectivity index (χ1) is 32.6. The van der Waals surface area contributed by atoms with Crippen molar-refractivity contribution in [3.8, 4) is 0 Å². The number of unbranched alkanes of at least 4 members (excludes halogenated alkanes) is 29. The zero-order chi connectivity index (χ0) is 47.7. The number of hydrogen-bond donors (Lipinski definition) is 0. The standard InChI is InChI=1S/C61H108O5/c1-4-7-10-13-16-19-22-25-28-29-30-31-32-35-38-41-44-47-50-53-56-64-57-59(66-61(63)55-52-49-46-43-40-37-34-27-24-21-18-15-12-9-6-3)58-65-60(62)54-51-48-45-42-39-36-33-26-23-20-17-14-11-8-5-2/h7,10,16-17,19-20,25-26,28,30-31,33,59H,4-6,8-9,11-15,18,21-24,27,29,32,34-58H2,1-3H3/b10-7-,19-16-,20-17-,28-25-,31-30-,33-26-. The van der Waals surface area contributed by atoms with Crippen molar-refractivity contribution in [1.82, 2.24) is 0 Å². The first-order valence-electron chi connectivity index (χ1n) is 28.5. The molecule has 0 aliphatic heterocycles. The zero-order valence-corrected chi connectivity index (χ0v) is 44.0. The van der Waals surface area contributed by atoms with Gasteiger partial charge in [-0.05, 0) is 89.9 Å². The normalized spacial score (nSPS) is 12.7. The molecule has 0 amide bonds. The molecule has 0 aliphatic carbocycles. The Kier molecular flexibility index (Phi) is 54.4. The van der Waals surface area contributed by atoms with Gasteiger partial charge in [-0.1, -0.05) is 248 Å². The van der Waals surface area contributed by atoms with Gasteiger partial charge in [-0.2, -0.15) is 0 Å². The lowest BCUT2D eigenvalue weighted by Crippen LogP contribution is -2.30. The average molecular weight is 922 g/mol. The van der Waals surface area contributed by atoms with Crippen molar-refractivity contribution in [3.05, 3.63) is 72.9 Å². The van der Waals surface area contributed by atoms with Gasteiger partial charge in [0.05, 0.1) is 6.61 Å². The Morgan fingerprint density at radius 1 is 0.348 bits per heavy atom. The highest BCUT2D eigenvalue weighted by atomic mass is 16.6. The summed E-state index contributed by atoms with van der Waals surface area (Å²) in [5.74, 6) is -0.410. The predicted molar refractivity (Wildman–Crippen MR) is 288 cm³/mol. The summed E-state index contributed by atoms with van der Waals surface area (Å²) >= 11 is 0. The van der Waals surface area contributed by atoms with Gasteiger partial charge in [-0.25, -0.2) is 0 Å². The van der Waals surface area contributed by atoms with Crippen LogP contribution in [0.3, 0.4) is 0 Å². The highest BCUT2D eigenvalue weighted by Crippen LogP contribution is 2.15. The molecule has 0 bridgehead atoms. The molecule has 0 aromatic carbocycles. The van der Waals surface area contributed by atoms with Gasteiger partial charge in [-0.3, -0.25) is 9.59 Å². The molecule has 5 heteroatoms. The van der Waals surface area contributed by atoms with E-state index in [4.69, 9.17) is 14.2 Å². The molecular weight excluding hydrogens is 813 g/mol. The second-order valence-corrected chi connectivity index (χ2v) is 18.8. The fourth-order valence-electron chi connectivity index (χ4n) is 8.00. The van der Waals surface area contributed by atoms with E-state index in [9.17, 15) is 9.59 Å². The van der Waals surface area contributed by atoms with Crippen LogP contribution in [0.15, 0.2) is 72.9 Å². The maximum absolute atomic E-state index is 12.8. The Balaban J connectivity index is 4.30. The minimum absolute atomic E-state index is 0.0740. The molecule has 0 saturated heterocycles. The van der Waals surface area contributed by atoms with Crippen molar-refractivity contribution in [2.75, 3.05) is 19.8 Å². The van der Waals surface area contributed by atoms with Crippen LogP contribution in [0.25, 0.3) is 0 Å². The smallest absolute Gasteiger partial charge is 0.306 e. The summed E-state index contributed by atoms with van der Waals surface area (Å²) in [4.78, 5) is 25.5. The molecule has 0 aliphatic rings. The number of hydrogen-bond acceptors (Lipinski definition) is 5. The van der Waals surface area contributed by atoms with E-state index >= 15 is 0 Å². The molecule has 0 spiro atoms. The monoisotopic (exact) mass is 921 g/mol. The van der Waals surface area contributed by atoms with E-state index in [0.29, 0.717) is 19.4 Å². The Bertz CT molecular complexity index is 1180. The van der Waals surface area contributed by atoms with Gasteiger partial charge in [-0.15, -0.1) is 0 Å². The van der Waals surface area contributed by atoms with E-state index in [-0.39, 0.29) is 25.2 Å². The zero-order valence-electron chi connectivity index (χ0n) is 44.0. The first-order valence-corrected chi connectivity index (χ1v) is 28.5. The second-order valence-electron chi connectivity index (χ2n) is 18.8. The molecule has 382 valence electrons. The quantitative estimate of drug-likeness (QED) is 0.0346. The third-order valence-corrected chi connectivity index (χ3v) is 12.2. The SMILES string of the molecule is CC/C=C\C/C=C\C/C=C\C/C=C\CCCCCCCCCOCC(COC(=O)CCCCCCC/C=C\C/C=C\CCCCC)OC(=O)CCCCCCCCCCCCCCCCC. The van der Waals surface area contributed by atoms with Crippen molar-refractivity contribution >= 4 is 11.9 Å². The number of allylic oxidation sites excluding steroid dienone is 12. The number of rotatable bonds is 52. The number of carbonyl (C=O) groups is 2. The van der Waals surface area contributed by atoms with Crippen molar-refractivity contribution in [3.63, 3.8) is 0 Å². The van der Waals surface area contributed by atoms with E-state index in [1.54, 1.807) is 0 Å². The van der Waals surface area contributed by atoms with Gasteiger partial charge in [0, 0.05) is 19.4 Å². The lowest BCUT2D eigenvalue weighted by atomic mass is 10.0. The van der Waals surface area contributed by atoms with Crippen molar-refractivity contribution < 1.29 is 23.8 Å². The Hall–Kier alpha value is -2.66. The van der Waals surface area contributed by atoms with Crippen molar-refractivity contribution in [2.24, 2.45) is 0 Å². The summed E-state index contributed by atoms with van der Waals surface area (Å²) in [6.07, 6.45) is 73.4. The summed E-state index contributed by atoms with van der Waals surface area (Å²) < 4.78 is 17.5. The molecular formula is C61H108O5. The topological polar surface area (TPSA) is 61.8 Å². The fraction of sp³-hybridized carbons (Fsp3) is 0.770. The summed E-state index contributed by atoms with van der Waals surface area (Å²) in [6, 6.07) is 0. The molecule has 1 atom stereocenters. The summed E-state index contributed by atoms with van der Waals surface area (Å²) in [7, 11) is 0. The lowest BCUT2D eigenvalue weighted by Gasteiger charge is -2.18. The van der Waals surface area contributed by atoms with E-state index in [1.807, 2.05) is 0 Å². The molecule has 5 nitrogen and oxygen atoms in total. The number of esters is 2. The van der Waals surface area contributed by atoms with Crippen LogP contribution in [0.5, 0.6) is 0 Å². The van der Waals surface area contributed by atoms with Crippen LogP contribution in [0, 0.1) is 0 Å². The summed E-state index contributed by atoms with van der Waals surface area (Å²) in [5.41, 5.74) is 0. The molecule has 0 N–H and O–H groups in total. The van der Waals surface area contributed by atoms with Gasteiger partial charge in [0.25, 0.3) is 0 Å². The van der Waals surface area contributed by atoms with Crippen LogP contribution in [-0.2, 0) is 23.8 Å². The average Bonchev–Trinajstić information content (AvgIpc) is 3.32. The lowest BCUT2D eigenvalue weighted by molar-refractivity contribution is -0.163. The molecule has 0 fully saturated rings. The molecule has 0 aromatic rings. The molecule has 66 heavy (non-hydrogen) atoms. The van der Waals surface area contributed by atoms with Crippen LogP contribution < -0.4 is 0 Å². The molecule has 0 heterocycles. The largest absolute Gasteiger partial charge is 0.462 e. The van der Waals surface area contributed by atoms with Crippen LogP contribution in [0.2, 0.25) is 0 Å². The maximum atomic E-state index is 12.8. The van der Waals surface area contributed by atoms with Crippen LogP contribution in [-0.4, -0.2) is 37.9 Å². The second kappa shape index (κ2) is 56.7. The maximum Gasteiger partial charge on any atom is 0.306 e. The summed E-state index contributed by atoms with van der Waals surface area (Å²) in [5, 5.41) is 0. The minimum Gasteiger partial charge on any atom is -0.462 e. The minimum atomic E-state index is -0.549. The highest BCUT2D eigenvalue weighted by molar-refractivity contribution is 5.70. The van der Waals surface area contributed by atoms with Gasteiger partial charge >= 0.3 is 11.9 Å². The number of ether oxygens (including phenoxy) is 3. The van der Waals surface area contributed by atoms with E-state index in [0.717, 1.165) is 83.5 Å². The molecule has 1 unspecified atom stereocenters. The Morgan fingerprint density at radius 2 is 0.682 bits per heavy atom. The van der Waals surface area contributed by atoms with E-state index in [1.165, 1.54) is 161 Å². The van der Waals surface area contributed by atoms with Gasteiger partial charge in [0.15, 0.2) is 6.10 Å². The third kappa shape index (κ3) is 54.0. The Labute approximate surface area is 410 Å². The van der Waals surface area contributed by atoms with Crippen LogP contribution in [0.1, 0.15) is 278 Å². The summed E-state index contributed by atoms with van der Waals surface area (Å²) in [6.45, 7) is 7.68. The van der Waals surface area contributed by atoms with E-state index in [2.05, 4.69) is 93.7 Å². The fourth-order valence-corrected chi connectivity index (χ4v) is 8.00. The van der Waals surface area contributed by atoms with Crippen LogP contribution >= 0.6 is 0 Å². The highest BCUT2D eigenvalue weighted by Gasteiger charge is 2.17. The van der Waals surface area contributed by atoms with Crippen molar-refractivity contribution in [1.29, 1.82) is 0 Å².